The first-order valence-electron chi connectivity index (χ1n) is 4.90. The smallest absolute Gasteiger partial charge is 0.125 e. The molecule has 2 nitrogen and oxygen atoms in total. The number of benzene rings is 1. The van der Waals surface area contributed by atoms with Gasteiger partial charge in [-0.25, -0.2) is 9.37 Å². The van der Waals surface area contributed by atoms with Gasteiger partial charge in [-0.05, 0) is 38.0 Å². The van der Waals surface area contributed by atoms with E-state index in [1.165, 1.54) is 18.9 Å². The zero-order valence-corrected chi connectivity index (χ0v) is 8.00. The van der Waals surface area contributed by atoms with Crippen LogP contribution in [-0.2, 0) is 0 Å². The van der Waals surface area contributed by atoms with Crippen molar-refractivity contribution in [3.8, 4) is 0 Å². The maximum atomic E-state index is 13.1. The highest BCUT2D eigenvalue weighted by Gasteiger charge is 2.26. The van der Waals surface area contributed by atoms with Crippen LogP contribution in [0.3, 0.4) is 0 Å². The van der Waals surface area contributed by atoms with E-state index in [0.29, 0.717) is 6.04 Å². The fourth-order valence-corrected chi connectivity index (χ4v) is 1.98. The number of aromatic nitrogens is 2. The van der Waals surface area contributed by atoms with Crippen molar-refractivity contribution < 1.29 is 4.39 Å². The third-order valence-corrected chi connectivity index (χ3v) is 2.74. The lowest BCUT2D eigenvalue weighted by Crippen LogP contribution is -1.96. The molecule has 1 aromatic carbocycles. The molecule has 0 spiro atoms. The number of aryl methyl sites for hydroxylation is 1. The second kappa shape index (κ2) is 2.56. The van der Waals surface area contributed by atoms with Crippen molar-refractivity contribution in [1.82, 2.24) is 9.55 Å². The normalized spacial score (nSPS) is 16.4. The zero-order valence-electron chi connectivity index (χ0n) is 8.00. The Morgan fingerprint density at radius 3 is 2.93 bits per heavy atom. The lowest BCUT2D eigenvalue weighted by Gasteiger charge is -2.03. The molecule has 72 valence electrons. The number of hydrogen-bond donors (Lipinski definition) is 0. The second-order valence-electron chi connectivity index (χ2n) is 3.89. The molecule has 14 heavy (non-hydrogen) atoms. The molecule has 1 fully saturated rings. The lowest BCUT2D eigenvalue weighted by molar-refractivity contribution is 0.627. The van der Waals surface area contributed by atoms with Crippen LogP contribution in [0.15, 0.2) is 18.2 Å². The van der Waals surface area contributed by atoms with Crippen LogP contribution in [0.25, 0.3) is 11.0 Å². The van der Waals surface area contributed by atoms with Gasteiger partial charge in [-0.2, -0.15) is 0 Å². The largest absolute Gasteiger partial charge is 0.325 e. The molecule has 3 heteroatoms. The number of halogens is 1. The summed E-state index contributed by atoms with van der Waals surface area (Å²) in [7, 11) is 0. The minimum Gasteiger partial charge on any atom is -0.325 e. The Morgan fingerprint density at radius 2 is 2.21 bits per heavy atom. The van der Waals surface area contributed by atoms with Gasteiger partial charge in [0.15, 0.2) is 0 Å². The van der Waals surface area contributed by atoms with Gasteiger partial charge in [0.05, 0.1) is 11.0 Å². The summed E-state index contributed by atoms with van der Waals surface area (Å²) in [6, 6.07) is 5.35. The van der Waals surface area contributed by atoms with E-state index in [9.17, 15) is 4.39 Å². The Hall–Kier alpha value is -1.38. The number of hydrogen-bond acceptors (Lipinski definition) is 1. The Balaban J connectivity index is 2.34. The summed E-state index contributed by atoms with van der Waals surface area (Å²) in [5.41, 5.74) is 1.83. The van der Waals surface area contributed by atoms with E-state index in [0.717, 1.165) is 16.9 Å². The van der Waals surface area contributed by atoms with E-state index in [4.69, 9.17) is 0 Å². The van der Waals surface area contributed by atoms with Crippen LogP contribution in [0.5, 0.6) is 0 Å². The first-order chi connectivity index (χ1) is 6.75. The molecular formula is C11H11FN2. The van der Waals surface area contributed by atoms with Crippen LogP contribution >= 0.6 is 0 Å². The second-order valence-corrected chi connectivity index (χ2v) is 3.89. The zero-order chi connectivity index (χ0) is 9.71. The summed E-state index contributed by atoms with van der Waals surface area (Å²) >= 11 is 0. The molecule has 1 saturated carbocycles. The van der Waals surface area contributed by atoms with Crippen LogP contribution in [-0.4, -0.2) is 9.55 Å². The molecule has 0 amide bonds. The van der Waals surface area contributed by atoms with Crippen molar-refractivity contribution in [2.75, 3.05) is 0 Å². The topological polar surface area (TPSA) is 17.8 Å². The van der Waals surface area contributed by atoms with Crippen LogP contribution in [0, 0.1) is 12.7 Å². The fourth-order valence-electron chi connectivity index (χ4n) is 1.98. The fraction of sp³-hybridized carbons (Fsp3) is 0.364. The predicted molar refractivity (Wildman–Crippen MR) is 52.7 cm³/mol. The molecule has 0 aliphatic heterocycles. The Morgan fingerprint density at radius 1 is 1.43 bits per heavy atom. The molecular weight excluding hydrogens is 179 g/mol. The Kier molecular flexibility index (Phi) is 1.46. The van der Waals surface area contributed by atoms with Crippen molar-refractivity contribution in [3.63, 3.8) is 0 Å². The van der Waals surface area contributed by atoms with E-state index in [1.807, 2.05) is 6.92 Å². The van der Waals surface area contributed by atoms with E-state index in [2.05, 4.69) is 9.55 Å². The van der Waals surface area contributed by atoms with Crippen molar-refractivity contribution in [2.24, 2.45) is 0 Å². The molecule has 1 aromatic heterocycles. The van der Waals surface area contributed by atoms with Crippen LogP contribution in [0.4, 0.5) is 4.39 Å². The summed E-state index contributed by atoms with van der Waals surface area (Å²) in [5, 5.41) is 0. The van der Waals surface area contributed by atoms with Crippen molar-refractivity contribution in [1.29, 1.82) is 0 Å². The molecule has 1 aliphatic carbocycles. The number of fused-ring (bicyclic) bond motifs is 1. The summed E-state index contributed by atoms with van der Waals surface area (Å²) < 4.78 is 15.2. The van der Waals surface area contributed by atoms with Gasteiger partial charge >= 0.3 is 0 Å². The maximum absolute atomic E-state index is 13.1. The van der Waals surface area contributed by atoms with Gasteiger partial charge in [-0.3, -0.25) is 0 Å². The summed E-state index contributed by atoms with van der Waals surface area (Å²) in [5.74, 6) is 0.812. The molecule has 0 saturated heterocycles. The predicted octanol–water partition coefficient (Wildman–Crippen LogP) is 2.82. The highest BCUT2D eigenvalue weighted by atomic mass is 19.1. The van der Waals surface area contributed by atoms with Gasteiger partial charge in [-0.15, -0.1) is 0 Å². The summed E-state index contributed by atoms with van der Waals surface area (Å²) in [6.07, 6.45) is 2.39. The minimum absolute atomic E-state index is 0.181. The van der Waals surface area contributed by atoms with Crippen LogP contribution in [0.1, 0.15) is 24.7 Å². The highest BCUT2D eigenvalue weighted by molar-refractivity contribution is 5.76. The SMILES string of the molecule is Cc1nc2ccc(F)cc2n1C1CC1. The van der Waals surface area contributed by atoms with E-state index < -0.39 is 0 Å². The van der Waals surface area contributed by atoms with Crippen LogP contribution < -0.4 is 0 Å². The average molecular weight is 190 g/mol. The monoisotopic (exact) mass is 190 g/mol. The molecule has 0 radical (unpaired) electrons. The molecule has 0 unspecified atom stereocenters. The molecule has 1 heterocycles. The molecule has 0 atom stereocenters. The van der Waals surface area contributed by atoms with E-state index in [1.54, 1.807) is 12.1 Å². The number of nitrogens with zero attached hydrogens (tertiary/aromatic N) is 2. The maximum Gasteiger partial charge on any atom is 0.125 e. The van der Waals surface area contributed by atoms with Gasteiger partial charge in [0, 0.05) is 6.04 Å². The molecule has 0 N–H and O–H groups in total. The third-order valence-electron chi connectivity index (χ3n) is 2.74. The van der Waals surface area contributed by atoms with Crippen molar-refractivity contribution >= 4 is 11.0 Å². The number of rotatable bonds is 1. The minimum atomic E-state index is -0.181. The summed E-state index contributed by atoms with van der Waals surface area (Å²) in [4.78, 5) is 4.41. The van der Waals surface area contributed by atoms with Gasteiger partial charge in [-0.1, -0.05) is 0 Å². The average Bonchev–Trinajstić information content (AvgIpc) is 2.90. The van der Waals surface area contributed by atoms with Gasteiger partial charge in [0.25, 0.3) is 0 Å². The van der Waals surface area contributed by atoms with Crippen molar-refractivity contribution in [3.05, 3.63) is 29.8 Å². The third kappa shape index (κ3) is 1.05. The summed E-state index contributed by atoms with van der Waals surface area (Å²) in [6.45, 7) is 1.98. The van der Waals surface area contributed by atoms with Crippen LogP contribution in [0.2, 0.25) is 0 Å². The quantitative estimate of drug-likeness (QED) is 0.676. The van der Waals surface area contributed by atoms with Gasteiger partial charge < -0.3 is 4.57 Å². The Bertz CT molecular complexity index is 497. The standard InChI is InChI=1S/C11H11FN2/c1-7-13-10-5-2-8(12)6-11(10)14(7)9-3-4-9/h2,5-6,9H,3-4H2,1H3. The number of imidazole rings is 1. The van der Waals surface area contributed by atoms with E-state index in [-0.39, 0.29) is 5.82 Å². The Labute approximate surface area is 81.4 Å². The molecule has 3 rings (SSSR count). The first kappa shape index (κ1) is 7.97. The molecule has 0 bridgehead atoms. The lowest BCUT2D eigenvalue weighted by atomic mass is 10.3. The first-order valence-corrected chi connectivity index (χ1v) is 4.90. The molecule has 2 aromatic rings. The van der Waals surface area contributed by atoms with Gasteiger partial charge in [0.1, 0.15) is 11.6 Å². The highest BCUT2D eigenvalue weighted by Crippen LogP contribution is 2.38. The van der Waals surface area contributed by atoms with E-state index >= 15 is 0 Å². The van der Waals surface area contributed by atoms with Gasteiger partial charge in [0.2, 0.25) is 0 Å². The van der Waals surface area contributed by atoms with Crippen molar-refractivity contribution in [2.45, 2.75) is 25.8 Å². The molecule has 1 aliphatic rings.